The number of para-hydroxylation sites is 1. The second-order valence-electron chi connectivity index (χ2n) is 6.13. The summed E-state index contributed by atoms with van der Waals surface area (Å²) in [7, 11) is -3.36. The van der Waals surface area contributed by atoms with Crippen molar-refractivity contribution in [2.45, 2.75) is 13.2 Å². The number of carbonyl (C=O) groups is 1. The molecule has 1 aromatic heterocycles. The fourth-order valence-corrected chi connectivity index (χ4v) is 3.10. The van der Waals surface area contributed by atoms with E-state index in [1.54, 1.807) is 30.3 Å². The number of anilines is 1. The summed E-state index contributed by atoms with van der Waals surface area (Å²) in [5.41, 5.74) is 1.81. The van der Waals surface area contributed by atoms with Crippen LogP contribution >= 0.6 is 0 Å². The van der Waals surface area contributed by atoms with Crippen molar-refractivity contribution in [2.75, 3.05) is 11.0 Å². The Kier molecular flexibility index (Phi) is 6.00. The molecule has 2 N–H and O–H groups in total. The van der Waals surface area contributed by atoms with Crippen LogP contribution < -0.4 is 14.8 Å². The summed E-state index contributed by atoms with van der Waals surface area (Å²) in [6.45, 7) is 0.425. The van der Waals surface area contributed by atoms with E-state index in [0.717, 1.165) is 11.8 Å². The second kappa shape index (κ2) is 8.62. The van der Waals surface area contributed by atoms with Crippen LogP contribution in [0.15, 0.2) is 71.3 Å². The average Bonchev–Trinajstić information content (AvgIpc) is 3.13. The van der Waals surface area contributed by atoms with E-state index in [9.17, 15) is 13.2 Å². The summed E-state index contributed by atoms with van der Waals surface area (Å²) < 4.78 is 36.0. The Balaban J connectivity index is 1.60. The maximum atomic E-state index is 12.5. The molecule has 0 unspecified atom stereocenters. The summed E-state index contributed by atoms with van der Waals surface area (Å²) in [5, 5.41) is 2.76. The van der Waals surface area contributed by atoms with E-state index in [-0.39, 0.29) is 24.8 Å². The molecule has 1 heterocycles. The first-order valence-corrected chi connectivity index (χ1v) is 10.4. The van der Waals surface area contributed by atoms with Gasteiger partial charge in [-0.2, -0.15) is 0 Å². The summed E-state index contributed by atoms with van der Waals surface area (Å²) in [5.74, 6) is 0.504. The molecule has 2 aromatic carbocycles. The lowest BCUT2D eigenvalue weighted by Crippen LogP contribution is -2.23. The second-order valence-corrected chi connectivity index (χ2v) is 7.88. The topological polar surface area (TPSA) is 97.6 Å². The third-order valence-corrected chi connectivity index (χ3v) is 4.38. The quantitative estimate of drug-likeness (QED) is 0.605. The van der Waals surface area contributed by atoms with Crippen molar-refractivity contribution in [2.24, 2.45) is 0 Å². The van der Waals surface area contributed by atoms with Crippen molar-refractivity contribution in [3.05, 3.63) is 83.8 Å². The smallest absolute Gasteiger partial charge is 0.287 e. The molecule has 0 fully saturated rings. The number of ether oxygens (including phenoxy) is 1. The Morgan fingerprint density at radius 2 is 1.86 bits per heavy atom. The van der Waals surface area contributed by atoms with Crippen molar-refractivity contribution < 1.29 is 22.4 Å². The van der Waals surface area contributed by atoms with Gasteiger partial charge in [0.05, 0.1) is 12.5 Å². The Morgan fingerprint density at radius 3 is 2.61 bits per heavy atom. The Hall–Kier alpha value is -3.26. The highest BCUT2D eigenvalue weighted by Gasteiger charge is 2.16. The molecular weight excluding hydrogens is 380 g/mol. The van der Waals surface area contributed by atoms with Gasteiger partial charge in [-0.15, -0.1) is 0 Å². The number of rotatable bonds is 8. The number of nitrogens with one attached hydrogen (secondary N) is 2. The highest BCUT2D eigenvalue weighted by molar-refractivity contribution is 7.92. The van der Waals surface area contributed by atoms with Gasteiger partial charge in [0.1, 0.15) is 12.4 Å². The van der Waals surface area contributed by atoms with E-state index in [0.29, 0.717) is 17.0 Å². The number of carbonyl (C=O) groups excluding carboxylic acids is 1. The molecule has 0 aliphatic carbocycles. The summed E-state index contributed by atoms with van der Waals surface area (Å²) in [4.78, 5) is 12.5. The normalized spacial score (nSPS) is 11.0. The van der Waals surface area contributed by atoms with Crippen LogP contribution in [0.2, 0.25) is 0 Å². The maximum Gasteiger partial charge on any atom is 0.287 e. The first kappa shape index (κ1) is 19.5. The molecule has 0 spiro atoms. The summed E-state index contributed by atoms with van der Waals surface area (Å²) in [6.07, 6.45) is 2.52. The largest absolute Gasteiger partial charge is 0.489 e. The van der Waals surface area contributed by atoms with Crippen molar-refractivity contribution >= 4 is 21.6 Å². The summed E-state index contributed by atoms with van der Waals surface area (Å²) in [6, 6.07) is 17.8. The molecule has 3 aromatic rings. The first-order chi connectivity index (χ1) is 13.4. The van der Waals surface area contributed by atoms with Crippen LogP contribution in [0.25, 0.3) is 0 Å². The fourth-order valence-electron chi connectivity index (χ4n) is 2.55. The Morgan fingerprint density at radius 1 is 1.07 bits per heavy atom. The SMILES string of the molecule is CS(=O)(=O)Nc1cccc(CNC(=O)c2occc2COc2ccccc2)c1. The van der Waals surface area contributed by atoms with Crippen LogP contribution in [0.1, 0.15) is 21.7 Å². The molecule has 0 aliphatic heterocycles. The minimum atomic E-state index is -3.36. The third-order valence-electron chi connectivity index (χ3n) is 3.77. The van der Waals surface area contributed by atoms with Crippen LogP contribution in [0.5, 0.6) is 5.75 Å². The predicted molar refractivity (Wildman–Crippen MR) is 106 cm³/mol. The van der Waals surface area contributed by atoms with Crippen molar-refractivity contribution in [3.63, 3.8) is 0 Å². The van der Waals surface area contributed by atoms with Crippen LogP contribution in [-0.2, 0) is 23.2 Å². The molecule has 0 bridgehead atoms. The van der Waals surface area contributed by atoms with E-state index in [4.69, 9.17) is 9.15 Å². The number of benzene rings is 2. The predicted octanol–water partition coefficient (Wildman–Crippen LogP) is 3.16. The maximum absolute atomic E-state index is 12.5. The lowest BCUT2D eigenvalue weighted by molar-refractivity contribution is 0.0919. The van der Waals surface area contributed by atoms with Crippen LogP contribution in [0.3, 0.4) is 0 Å². The first-order valence-electron chi connectivity index (χ1n) is 8.50. The van der Waals surface area contributed by atoms with E-state index in [2.05, 4.69) is 10.0 Å². The van der Waals surface area contributed by atoms with Crippen molar-refractivity contribution in [1.82, 2.24) is 5.32 Å². The van der Waals surface area contributed by atoms with Gasteiger partial charge in [-0.25, -0.2) is 8.42 Å². The minimum Gasteiger partial charge on any atom is -0.489 e. The number of hydrogen-bond donors (Lipinski definition) is 2. The molecule has 1 amide bonds. The monoisotopic (exact) mass is 400 g/mol. The zero-order valence-corrected chi connectivity index (χ0v) is 16.0. The van der Waals surface area contributed by atoms with Gasteiger partial charge in [0.15, 0.2) is 5.76 Å². The third kappa shape index (κ3) is 5.62. The van der Waals surface area contributed by atoms with Gasteiger partial charge >= 0.3 is 0 Å². The van der Waals surface area contributed by atoms with Gasteiger partial charge in [-0.3, -0.25) is 9.52 Å². The Labute approximate surface area is 163 Å². The van der Waals surface area contributed by atoms with Crippen molar-refractivity contribution in [1.29, 1.82) is 0 Å². The van der Waals surface area contributed by atoms with E-state index in [1.807, 2.05) is 30.3 Å². The molecule has 146 valence electrons. The van der Waals surface area contributed by atoms with Crippen LogP contribution in [0, 0.1) is 0 Å². The van der Waals surface area contributed by atoms with E-state index >= 15 is 0 Å². The lowest BCUT2D eigenvalue weighted by atomic mass is 10.2. The summed E-state index contributed by atoms with van der Waals surface area (Å²) >= 11 is 0. The molecule has 0 aliphatic rings. The van der Waals surface area contributed by atoms with Crippen LogP contribution in [0.4, 0.5) is 5.69 Å². The number of hydrogen-bond acceptors (Lipinski definition) is 5. The van der Waals surface area contributed by atoms with Gasteiger partial charge in [0.25, 0.3) is 5.91 Å². The lowest BCUT2D eigenvalue weighted by Gasteiger charge is -2.09. The molecule has 3 rings (SSSR count). The number of sulfonamides is 1. The van der Waals surface area contributed by atoms with Crippen LogP contribution in [-0.4, -0.2) is 20.6 Å². The highest BCUT2D eigenvalue weighted by atomic mass is 32.2. The van der Waals surface area contributed by atoms with Gasteiger partial charge < -0.3 is 14.5 Å². The average molecular weight is 400 g/mol. The zero-order valence-electron chi connectivity index (χ0n) is 15.2. The molecule has 0 saturated carbocycles. The number of furan rings is 1. The van der Waals surface area contributed by atoms with E-state index < -0.39 is 10.0 Å². The molecular formula is C20H20N2O5S. The molecule has 0 saturated heterocycles. The number of amides is 1. The minimum absolute atomic E-state index is 0.182. The fraction of sp³-hybridized carbons (Fsp3) is 0.150. The van der Waals surface area contributed by atoms with Gasteiger partial charge in [0, 0.05) is 17.8 Å². The van der Waals surface area contributed by atoms with Crippen molar-refractivity contribution in [3.8, 4) is 5.75 Å². The molecule has 7 nitrogen and oxygen atoms in total. The molecule has 28 heavy (non-hydrogen) atoms. The standard InChI is InChI=1S/C20H20N2O5S/c1-28(24,25)22-17-7-5-6-15(12-17)13-21-20(23)19-16(10-11-26-19)14-27-18-8-3-2-4-9-18/h2-12,22H,13-14H2,1H3,(H,21,23). The molecule has 0 radical (unpaired) electrons. The van der Waals surface area contributed by atoms with Gasteiger partial charge in [-0.1, -0.05) is 30.3 Å². The highest BCUT2D eigenvalue weighted by Crippen LogP contribution is 2.16. The zero-order chi connectivity index (χ0) is 20.0. The molecule has 8 heteroatoms. The van der Waals surface area contributed by atoms with Gasteiger partial charge in [-0.05, 0) is 35.9 Å². The van der Waals surface area contributed by atoms with Gasteiger partial charge in [0.2, 0.25) is 10.0 Å². The molecule has 0 atom stereocenters. The van der Waals surface area contributed by atoms with E-state index in [1.165, 1.54) is 6.26 Å². The Bertz CT molecular complexity index is 1050.